The zero-order valence-corrected chi connectivity index (χ0v) is 16.2. The number of benzene rings is 3. The molecule has 7 heteroatoms. The van der Waals surface area contributed by atoms with Crippen LogP contribution in [0.5, 0.6) is 0 Å². The molecule has 0 aliphatic carbocycles. The van der Waals surface area contributed by atoms with Gasteiger partial charge >= 0.3 is 6.03 Å². The van der Waals surface area contributed by atoms with E-state index in [0.717, 1.165) is 5.56 Å². The first kappa shape index (κ1) is 20.6. The summed E-state index contributed by atoms with van der Waals surface area (Å²) in [6, 6.07) is 24.7. The van der Waals surface area contributed by atoms with Crippen LogP contribution in [-0.4, -0.2) is 24.4 Å². The fourth-order valence-corrected chi connectivity index (χ4v) is 2.68. The molecule has 0 fully saturated rings. The maximum Gasteiger partial charge on any atom is 0.323 e. The lowest BCUT2D eigenvalue weighted by molar-refractivity contribution is -0.123. The number of urea groups is 1. The number of carbonyl (C=O) groups excluding carboxylic acids is 3. The molecule has 0 spiro atoms. The van der Waals surface area contributed by atoms with Gasteiger partial charge in [-0.2, -0.15) is 0 Å². The Morgan fingerprint density at radius 3 is 1.67 bits per heavy atom. The van der Waals surface area contributed by atoms with Crippen LogP contribution < -0.4 is 21.3 Å². The molecular weight excluding hydrogens is 380 g/mol. The minimum atomic E-state index is -0.362. The molecule has 0 radical (unpaired) electrons. The standard InChI is InChI=1S/C23H22N4O3/c28-21(15-17-7-3-1-4-8-17)24-16-22(29)25-19-11-13-20(14-12-19)27-23(30)26-18-9-5-2-6-10-18/h1-14H,15-16H2,(H,24,28)(H,25,29)(H2,26,27,30). The molecule has 0 aliphatic rings. The van der Waals surface area contributed by atoms with Crippen LogP contribution >= 0.6 is 0 Å². The monoisotopic (exact) mass is 402 g/mol. The van der Waals surface area contributed by atoms with E-state index in [9.17, 15) is 14.4 Å². The van der Waals surface area contributed by atoms with Crippen molar-refractivity contribution in [3.63, 3.8) is 0 Å². The van der Waals surface area contributed by atoms with E-state index in [1.807, 2.05) is 48.5 Å². The number of hydrogen-bond donors (Lipinski definition) is 4. The van der Waals surface area contributed by atoms with E-state index in [0.29, 0.717) is 17.1 Å². The zero-order chi connectivity index (χ0) is 21.2. The summed E-state index contributed by atoms with van der Waals surface area (Å²) in [6.45, 7) is -0.120. The van der Waals surface area contributed by atoms with Gasteiger partial charge in [-0.25, -0.2) is 4.79 Å². The van der Waals surface area contributed by atoms with Gasteiger partial charge in [0, 0.05) is 17.1 Å². The van der Waals surface area contributed by atoms with Crippen LogP contribution in [0, 0.1) is 0 Å². The van der Waals surface area contributed by atoms with Crippen LogP contribution in [0.25, 0.3) is 0 Å². The zero-order valence-electron chi connectivity index (χ0n) is 16.2. The molecule has 3 rings (SSSR count). The Bertz CT molecular complexity index is 990. The minimum absolute atomic E-state index is 0.120. The van der Waals surface area contributed by atoms with Crippen molar-refractivity contribution in [2.75, 3.05) is 22.5 Å². The Morgan fingerprint density at radius 2 is 1.07 bits per heavy atom. The number of hydrogen-bond acceptors (Lipinski definition) is 3. The highest BCUT2D eigenvalue weighted by atomic mass is 16.2. The molecule has 4 amide bonds. The minimum Gasteiger partial charge on any atom is -0.347 e. The molecule has 0 atom stereocenters. The second kappa shape index (κ2) is 10.4. The molecule has 7 nitrogen and oxygen atoms in total. The molecule has 0 aliphatic heterocycles. The fourth-order valence-electron chi connectivity index (χ4n) is 2.68. The van der Waals surface area contributed by atoms with Crippen LogP contribution in [0.1, 0.15) is 5.56 Å². The maximum absolute atomic E-state index is 12.0. The third kappa shape index (κ3) is 6.79. The molecule has 3 aromatic carbocycles. The van der Waals surface area contributed by atoms with Crippen LogP contribution in [0.15, 0.2) is 84.9 Å². The number of nitrogens with one attached hydrogen (secondary N) is 4. The Hall–Kier alpha value is -4.13. The predicted octanol–water partition coefficient (Wildman–Crippen LogP) is 3.63. The van der Waals surface area contributed by atoms with Gasteiger partial charge in [0.05, 0.1) is 13.0 Å². The lowest BCUT2D eigenvalue weighted by atomic mass is 10.1. The molecule has 4 N–H and O–H groups in total. The number of anilines is 3. The summed E-state index contributed by atoms with van der Waals surface area (Å²) in [7, 11) is 0. The van der Waals surface area contributed by atoms with Crippen molar-refractivity contribution in [2.24, 2.45) is 0 Å². The highest BCUT2D eigenvalue weighted by Gasteiger charge is 2.07. The molecule has 0 unspecified atom stereocenters. The predicted molar refractivity (Wildman–Crippen MR) is 117 cm³/mol. The van der Waals surface area contributed by atoms with Gasteiger partial charge in [-0.05, 0) is 42.0 Å². The first-order valence-electron chi connectivity index (χ1n) is 9.42. The molecule has 30 heavy (non-hydrogen) atoms. The third-order valence-corrected chi connectivity index (χ3v) is 4.11. The van der Waals surface area contributed by atoms with E-state index in [2.05, 4.69) is 21.3 Å². The topological polar surface area (TPSA) is 99.3 Å². The Morgan fingerprint density at radius 1 is 0.567 bits per heavy atom. The van der Waals surface area contributed by atoms with E-state index in [1.54, 1.807) is 36.4 Å². The SMILES string of the molecule is O=C(Cc1ccccc1)NCC(=O)Nc1ccc(NC(=O)Nc2ccccc2)cc1. The molecular formula is C23H22N4O3. The lowest BCUT2D eigenvalue weighted by Gasteiger charge is -2.10. The van der Waals surface area contributed by atoms with Crippen LogP contribution in [0.3, 0.4) is 0 Å². The van der Waals surface area contributed by atoms with Crippen LogP contribution in [0.2, 0.25) is 0 Å². The van der Waals surface area contributed by atoms with Gasteiger partial charge in [-0.1, -0.05) is 48.5 Å². The highest BCUT2D eigenvalue weighted by Crippen LogP contribution is 2.14. The average molecular weight is 402 g/mol. The van der Waals surface area contributed by atoms with Gasteiger partial charge < -0.3 is 21.3 Å². The molecule has 3 aromatic rings. The van der Waals surface area contributed by atoms with E-state index < -0.39 is 0 Å². The van der Waals surface area contributed by atoms with E-state index in [-0.39, 0.29) is 30.8 Å². The maximum atomic E-state index is 12.0. The van der Waals surface area contributed by atoms with Gasteiger partial charge in [0.2, 0.25) is 11.8 Å². The Labute approximate surface area is 174 Å². The molecule has 152 valence electrons. The summed E-state index contributed by atoms with van der Waals surface area (Å²) in [5.74, 6) is -0.556. The number of rotatable bonds is 7. The average Bonchev–Trinajstić information content (AvgIpc) is 2.75. The number of carbonyl (C=O) groups is 3. The second-order valence-corrected chi connectivity index (χ2v) is 6.51. The number of amides is 4. The van der Waals surface area contributed by atoms with Crippen molar-refractivity contribution >= 4 is 34.9 Å². The van der Waals surface area contributed by atoms with Gasteiger partial charge in [0.1, 0.15) is 0 Å². The summed E-state index contributed by atoms with van der Waals surface area (Å²) in [5.41, 5.74) is 2.71. The summed E-state index contributed by atoms with van der Waals surface area (Å²) < 4.78 is 0. The first-order chi connectivity index (χ1) is 14.6. The largest absolute Gasteiger partial charge is 0.347 e. The van der Waals surface area contributed by atoms with E-state index in [4.69, 9.17) is 0 Å². The van der Waals surface area contributed by atoms with Crippen molar-refractivity contribution in [1.29, 1.82) is 0 Å². The van der Waals surface area contributed by atoms with Gasteiger partial charge in [-0.3, -0.25) is 9.59 Å². The first-order valence-corrected chi connectivity index (χ1v) is 9.42. The quantitative estimate of drug-likeness (QED) is 0.486. The smallest absolute Gasteiger partial charge is 0.323 e. The van der Waals surface area contributed by atoms with Crippen molar-refractivity contribution < 1.29 is 14.4 Å². The van der Waals surface area contributed by atoms with Gasteiger partial charge in [0.15, 0.2) is 0 Å². The molecule has 0 bridgehead atoms. The van der Waals surface area contributed by atoms with Crippen LogP contribution in [0.4, 0.5) is 21.9 Å². The Kier molecular flexibility index (Phi) is 7.16. The summed E-state index contributed by atoms with van der Waals surface area (Å²) in [6.07, 6.45) is 0.222. The lowest BCUT2D eigenvalue weighted by Crippen LogP contribution is -2.33. The van der Waals surface area contributed by atoms with Crippen molar-refractivity contribution in [3.05, 3.63) is 90.5 Å². The van der Waals surface area contributed by atoms with Gasteiger partial charge in [-0.15, -0.1) is 0 Å². The van der Waals surface area contributed by atoms with Crippen LogP contribution in [-0.2, 0) is 16.0 Å². The summed E-state index contributed by atoms with van der Waals surface area (Å²) in [5, 5.41) is 10.7. The normalized spacial score (nSPS) is 10.0. The van der Waals surface area contributed by atoms with Gasteiger partial charge in [0.25, 0.3) is 0 Å². The Balaban J connectivity index is 1.41. The molecule has 0 saturated carbocycles. The number of para-hydroxylation sites is 1. The second-order valence-electron chi connectivity index (χ2n) is 6.51. The van der Waals surface area contributed by atoms with E-state index in [1.165, 1.54) is 0 Å². The third-order valence-electron chi connectivity index (χ3n) is 4.11. The van der Waals surface area contributed by atoms with Crippen molar-refractivity contribution in [1.82, 2.24) is 5.32 Å². The summed E-state index contributed by atoms with van der Waals surface area (Å²) >= 11 is 0. The van der Waals surface area contributed by atoms with Crippen molar-refractivity contribution in [2.45, 2.75) is 6.42 Å². The molecule has 0 saturated heterocycles. The highest BCUT2D eigenvalue weighted by molar-refractivity contribution is 6.00. The van der Waals surface area contributed by atoms with Crippen molar-refractivity contribution in [3.8, 4) is 0 Å². The van der Waals surface area contributed by atoms with E-state index >= 15 is 0 Å². The molecule has 0 aromatic heterocycles. The molecule has 0 heterocycles. The summed E-state index contributed by atoms with van der Waals surface area (Å²) in [4.78, 5) is 35.9. The fraction of sp³-hybridized carbons (Fsp3) is 0.0870.